The van der Waals surface area contributed by atoms with Gasteiger partial charge in [0.25, 0.3) is 5.91 Å². The first kappa shape index (κ1) is 18.8. The minimum absolute atomic E-state index is 0.0286. The number of nitrogens with zero attached hydrogens (tertiary/aromatic N) is 4. The maximum absolute atomic E-state index is 13.0. The second-order valence-electron chi connectivity index (χ2n) is 6.80. The second kappa shape index (κ2) is 8.16. The molecule has 0 bridgehead atoms. The fourth-order valence-electron chi connectivity index (χ4n) is 3.42. The Hall–Kier alpha value is -2.96. The summed E-state index contributed by atoms with van der Waals surface area (Å²) in [7, 11) is 0. The van der Waals surface area contributed by atoms with Gasteiger partial charge in [-0.3, -0.25) is 9.59 Å². The Balaban J connectivity index is 1.80. The summed E-state index contributed by atoms with van der Waals surface area (Å²) in [5.74, 6) is 0.0714. The van der Waals surface area contributed by atoms with Gasteiger partial charge in [0.1, 0.15) is 0 Å². The van der Waals surface area contributed by atoms with Crippen molar-refractivity contribution in [2.24, 2.45) is 0 Å². The van der Waals surface area contributed by atoms with Gasteiger partial charge in [-0.2, -0.15) is 0 Å². The van der Waals surface area contributed by atoms with Crippen LogP contribution in [0.15, 0.2) is 36.5 Å². The summed E-state index contributed by atoms with van der Waals surface area (Å²) in [6.45, 7) is 5.24. The monoisotopic (exact) mass is 367 g/mol. The maximum atomic E-state index is 13.0. The van der Waals surface area contributed by atoms with Gasteiger partial charge in [0.2, 0.25) is 11.9 Å². The van der Waals surface area contributed by atoms with Gasteiger partial charge in [-0.15, -0.1) is 0 Å². The maximum Gasteiger partial charge on any atom is 0.257 e. The largest absolute Gasteiger partial charge is 0.368 e. The van der Waals surface area contributed by atoms with Gasteiger partial charge in [0, 0.05) is 38.3 Å². The number of amides is 2. The first-order valence-corrected chi connectivity index (χ1v) is 9.21. The van der Waals surface area contributed by atoms with Crippen LogP contribution in [0.3, 0.4) is 0 Å². The smallest absolute Gasteiger partial charge is 0.257 e. The Labute approximate surface area is 159 Å². The molecular formula is C20H25N5O2. The third-order valence-electron chi connectivity index (χ3n) is 4.97. The number of anilines is 1. The summed E-state index contributed by atoms with van der Waals surface area (Å²) in [4.78, 5) is 37.4. The highest BCUT2D eigenvalue weighted by Gasteiger charge is 2.31. The van der Waals surface area contributed by atoms with Crippen LogP contribution in [0.2, 0.25) is 0 Å². The van der Waals surface area contributed by atoms with Crippen molar-refractivity contribution in [2.45, 2.75) is 39.3 Å². The summed E-state index contributed by atoms with van der Waals surface area (Å²) in [6, 6.07) is 9.91. The minimum atomic E-state index is -0.152. The zero-order valence-corrected chi connectivity index (χ0v) is 15.8. The number of aryl methyl sites for hydroxylation is 1. The van der Waals surface area contributed by atoms with Gasteiger partial charge < -0.3 is 15.5 Å². The lowest BCUT2D eigenvalue weighted by Crippen LogP contribution is -2.44. The Morgan fingerprint density at radius 2 is 2.04 bits per heavy atom. The first-order valence-electron chi connectivity index (χ1n) is 9.21. The van der Waals surface area contributed by atoms with Crippen molar-refractivity contribution >= 4 is 17.8 Å². The standard InChI is InChI=1S/C20H25N5O2/c1-3-16-13-24(19(27)17-11-22-20(21)23-14(17)2)10-9-18(26)25(16)12-15-7-5-4-6-8-15/h4-8,11,16H,3,9-10,12-13H2,1-2H3,(H2,21,22,23)/t16-/m1/s1. The van der Waals surface area contributed by atoms with E-state index >= 15 is 0 Å². The topological polar surface area (TPSA) is 92.4 Å². The molecule has 2 aromatic rings. The third kappa shape index (κ3) is 4.24. The molecule has 1 aliphatic rings. The van der Waals surface area contributed by atoms with Crippen LogP contribution < -0.4 is 5.73 Å². The molecule has 27 heavy (non-hydrogen) atoms. The molecule has 2 amide bonds. The van der Waals surface area contributed by atoms with Gasteiger partial charge in [-0.1, -0.05) is 37.3 Å². The Bertz CT molecular complexity index is 824. The summed E-state index contributed by atoms with van der Waals surface area (Å²) >= 11 is 0. The highest BCUT2D eigenvalue weighted by molar-refractivity contribution is 5.95. The Morgan fingerprint density at radius 3 is 2.70 bits per heavy atom. The molecule has 0 saturated carbocycles. The number of carbonyl (C=O) groups excluding carboxylic acids is 2. The van der Waals surface area contributed by atoms with Gasteiger partial charge in [0.15, 0.2) is 0 Å². The number of hydrogen-bond donors (Lipinski definition) is 1. The number of nitrogen functional groups attached to an aromatic ring is 1. The number of nitrogens with two attached hydrogens (primary N) is 1. The molecule has 0 spiro atoms. The van der Waals surface area contributed by atoms with Gasteiger partial charge >= 0.3 is 0 Å². The van der Waals surface area contributed by atoms with Crippen molar-refractivity contribution in [3.8, 4) is 0 Å². The van der Waals surface area contributed by atoms with Crippen LogP contribution in [0, 0.1) is 6.92 Å². The molecule has 3 rings (SSSR count). The fraction of sp³-hybridized carbons (Fsp3) is 0.400. The van der Waals surface area contributed by atoms with Crippen molar-refractivity contribution in [1.82, 2.24) is 19.8 Å². The molecule has 1 atom stereocenters. The lowest BCUT2D eigenvalue weighted by molar-refractivity contribution is -0.133. The molecule has 1 fully saturated rings. The van der Waals surface area contributed by atoms with Crippen LogP contribution in [-0.4, -0.2) is 50.7 Å². The first-order chi connectivity index (χ1) is 13.0. The van der Waals surface area contributed by atoms with Crippen LogP contribution in [-0.2, 0) is 11.3 Å². The second-order valence-corrected chi connectivity index (χ2v) is 6.80. The third-order valence-corrected chi connectivity index (χ3v) is 4.97. The van der Waals surface area contributed by atoms with Crippen molar-refractivity contribution < 1.29 is 9.59 Å². The van der Waals surface area contributed by atoms with Crippen LogP contribution in [0.1, 0.15) is 41.4 Å². The number of aromatic nitrogens is 2. The van der Waals surface area contributed by atoms with Crippen LogP contribution in [0.4, 0.5) is 5.95 Å². The van der Waals surface area contributed by atoms with E-state index in [9.17, 15) is 9.59 Å². The van der Waals surface area contributed by atoms with E-state index in [1.807, 2.05) is 42.2 Å². The number of rotatable bonds is 4. The van der Waals surface area contributed by atoms with E-state index in [0.29, 0.717) is 37.3 Å². The number of hydrogen-bond acceptors (Lipinski definition) is 5. The van der Waals surface area contributed by atoms with Crippen LogP contribution in [0.5, 0.6) is 0 Å². The highest BCUT2D eigenvalue weighted by Crippen LogP contribution is 2.20. The van der Waals surface area contributed by atoms with Crippen molar-refractivity contribution in [2.75, 3.05) is 18.8 Å². The summed E-state index contributed by atoms with van der Waals surface area (Å²) < 4.78 is 0. The van der Waals surface area contributed by atoms with E-state index in [0.717, 1.165) is 12.0 Å². The zero-order chi connectivity index (χ0) is 19.4. The fourth-order valence-corrected chi connectivity index (χ4v) is 3.42. The van der Waals surface area contributed by atoms with E-state index in [1.54, 1.807) is 11.8 Å². The molecule has 7 heteroatoms. The quantitative estimate of drug-likeness (QED) is 0.892. The predicted octanol–water partition coefficient (Wildman–Crippen LogP) is 2.02. The van der Waals surface area contributed by atoms with Gasteiger partial charge in [0.05, 0.1) is 11.3 Å². The molecule has 7 nitrogen and oxygen atoms in total. The van der Waals surface area contributed by atoms with Crippen LogP contribution in [0.25, 0.3) is 0 Å². The molecule has 2 heterocycles. The molecule has 1 aromatic carbocycles. The average Bonchev–Trinajstić information content (AvgIpc) is 2.82. The van der Waals surface area contributed by atoms with Gasteiger partial charge in [-0.25, -0.2) is 9.97 Å². The van der Waals surface area contributed by atoms with E-state index in [1.165, 1.54) is 6.20 Å². The molecular weight excluding hydrogens is 342 g/mol. The summed E-state index contributed by atoms with van der Waals surface area (Å²) in [5.41, 5.74) is 7.66. The van der Waals surface area contributed by atoms with E-state index in [4.69, 9.17) is 5.73 Å². The summed E-state index contributed by atoms with van der Waals surface area (Å²) in [5, 5.41) is 0. The molecule has 2 N–H and O–H groups in total. The number of benzene rings is 1. The molecule has 142 valence electrons. The highest BCUT2D eigenvalue weighted by atomic mass is 16.2. The molecule has 0 unspecified atom stereocenters. The van der Waals surface area contributed by atoms with Crippen molar-refractivity contribution in [3.63, 3.8) is 0 Å². The molecule has 1 aliphatic heterocycles. The molecule has 0 aliphatic carbocycles. The SMILES string of the molecule is CC[C@@H]1CN(C(=O)c2cnc(N)nc2C)CCC(=O)N1Cc1ccccc1. The van der Waals surface area contributed by atoms with Crippen molar-refractivity contribution in [1.29, 1.82) is 0 Å². The van der Waals surface area contributed by atoms with Crippen LogP contribution >= 0.6 is 0 Å². The van der Waals surface area contributed by atoms with E-state index < -0.39 is 0 Å². The molecule has 1 saturated heterocycles. The normalized spacial score (nSPS) is 17.7. The minimum Gasteiger partial charge on any atom is -0.368 e. The lowest BCUT2D eigenvalue weighted by atomic mass is 10.1. The number of carbonyl (C=O) groups is 2. The van der Waals surface area contributed by atoms with E-state index in [2.05, 4.69) is 9.97 Å². The average molecular weight is 367 g/mol. The Kier molecular flexibility index (Phi) is 5.69. The van der Waals surface area contributed by atoms with E-state index in [-0.39, 0.29) is 23.8 Å². The molecule has 1 aromatic heterocycles. The lowest BCUT2D eigenvalue weighted by Gasteiger charge is -2.31. The Morgan fingerprint density at radius 1 is 1.30 bits per heavy atom. The molecule has 0 radical (unpaired) electrons. The zero-order valence-electron chi connectivity index (χ0n) is 15.8. The van der Waals surface area contributed by atoms with Crippen molar-refractivity contribution in [3.05, 3.63) is 53.3 Å². The predicted molar refractivity (Wildman–Crippen MR) is 103 cm³/mol. The van der Waals surface area contributed by atoms with Gasteiger partial charge in [-0.05, 0) is 18.9 Å². The summed E-state index contributed by atoms with van der Waals surface area (Å²) in [6.07, 6.45) is 2.55.